The fourth-order valence-electron chi connectivity index (χ4n) is 1.97. The number of nitrogen functional groups attached to an aromatic ring is 1. The standard InChI is InChI=1S/C13H12BrN5/c1-7-3-10-11(4-8(7)2)19(6-17-10)12-9(14)5-16-13(15)18-12/h3-6H,1-2H3,(H2,15,16,18). The molecule has 0 aliphatic rings. The molecule has 0 saturated carbocycles. The number of hydrogen-bond donors (Lipinski definition) is 1. The van der Waals surface area contributed by atoms with Crippen LogP contribution in [0.3, 0.4) is 0 Å². The largest absolute Gasteiger partial charge is 0.368 e. The Labute approximate surface area is 118 Å². The van der Waals surface area contributed by atoms with Gasteiger partial charge in [0.2, 0.25) is 5.95 Å². The molecule has 0 unspecified atom stereocenters. The van der Waals surface area contributed by atoms with Gasteiger partial charge in [-0.3, -0.25) is 4.57 Å². The first-order valence-corrected chi connectivity index (χ1v) is 6.58. The van der Waals surface area contributed by atoms with E-state index in [0.717, 1.165) is 15.5 Å². The summed E-state index contributed by atoms with van der Waals surface area (Å²) in [5.41, 5.74) is 10.0. The fraction of sp³-hybridized carbons (Fsp3) is 0.154. The van der Waals surface area contributed by atoms with Gasteiger partial charge in [0.25, 0.3) is 0 Å². The van der Waals surface area contributed by atoms with E-state index < -0.39 is 0 Å². The van der Waals surface area contributed by atoms with Gasteiger partial charge in [0.15, 0.2) is 5.82 Å². The van der Waals surface area contributed by atoms with Gasteiger partial charge in [0, 0.05) is 6.20 Å². The number of nitrogens with two attached hydrogens (primary N) is 1. The van der Waals surface area contributed by atoms with Gasteiger partial charge in [-0.1, -0.05) is 0 Å². The van der Waals surface area contributed by atoms with E-state index in [1.807, 2.05) is 4.57 Å². The molecule has 0 aliphatic carbocycles. The number of halogens is 1. The molecule has 1 aromatic carbocycles. The molecule has 2 heterocycles. The second-order valence-corrected chi connectivity index (χ2v) is 5.29. The number of anilines is 1. The van der Waals surface area contributed by atoms with Crippen molar-refractivity contribution < 1.29 is 0 Å². The summed E-state index contributed by atoms with van der Waals surface area (Å²) in [4.78, 5) is 12.6. The van der Waals surface area contributed by atoms with Crippen LogP contribution in [-0.4, -0.2) is 19.5 Å². The van der Waals surface area contributed by atoms with Crippen molar-refractivity contribution >= 4 is 32.9 Å². The average Bonchev–Trinajstić information content (AvgIpc) is 2.76. The monoisotopic (exact) mass is 317 g/mol. The molecule has 3 aromatic rings. The lowest BCUT2D eigenvalue weighted by molar-refractivity contribution is 0.991. The first-order valence-electron chi connectivity index (χ1n) is 5.79. The number of rotatable bonds is 1. The average molecular weight is 318 g/mol. The summed E-state index contributed by atoms with van der Waals surface area (Å²) in [6, 6.07) is 4.17. The summed E-state index contributed by atoms with van der Waals surface area (Å²) in [6.45, 7) is 4.15. The summed E-state index contributed by atoms with van der Waals surface area (Å²) in [5, 5.41) is 0. The van der Waals surface area contributed by atoms with E-state index in [1.165, 1.54) is 11.1 Å². The summed E-state index contributed by atoms with van der Waals surface area (Å²) in [7, 11) is 0. The van der Waals surface area contributed by atoms with Crippen molar-refractivity contribution in [3.8, 4) is 5.82 Å². The highest BCUT2D eigenvalue weighted by Gasteiger charge is 2.11. The zero-order valence-electron chi connectivity index (χ0n) is 10.6. The van der Waals surface area contributed by atoms with Crippen molar-refractivity contribution in [1.29, 1.82) is 0 Å². The minimum Gasteiger partial charge on any atom is -0.368 e. The quantitative estimate of drug-likeness (QED) is 0.749. The maximum atomic E-state index is 5.65. The van der Waals surface area contributed by atoms with Crippen LogP contribution in [0.25, 0.3) is 16.9 Å². The van der Waals surface area contributed by atoms with Crippen LogP contribution >= 0.6 is 15.9 Å². The van der Waals surface area contributed by atoms with E-state index in [4.69, 9.17) is 5.73 Å². The van der Waals surface area contributed by atoms with E-state index in [9.17, 15) is 0 Å². The first-order chi connectivity index (χ1) is 9.06. The van der Waals surface area contributed by atoms with Crippen LogP contribution in [0, 0.1) is 13.8 Å². The normalized spacial score (nSPS) is 11.1. The Bertz CT molecular complexity index is 778. The van der Waals surface area contributed by atoms with Gasteiger partial charge in [0.1, 0.15) is 6.33 Å². The molecule has 0 radical (unpaired) electrons. The molecule has 2 N–H and O–H groups in total. The SMILES string of the molecule is Cc1cc2ncn(-c3nc(N)ncc3Br)c2cc1C. The predicted molar refractivity (Wildman–Crippen MR) is 78.2 cm³/mol. The zero-order chi connectivity index (χ0) is 13.6. The Morgan fingerprint density at radius 2 is 1.89 bits per heavy atom. The number of nitrogens with zero attached hydrogens (tertiary/aromatic N) is 4. The molecule has 0 saturated heterocycles. The van der Waals surface area contributed by atoms with Gasteiger partial charge in [-0.15, -0.1) is 0 Å². The molecule has 0 atom stereocenters. The van der Waals surface area contributed by atoms with Crippen molar-refractivity contribution in [3.05, 3.63) is 40.3 Å². The van der Waals surface area contributed by atoms with Crippen LogP contribution in [-0.2, 0) is 0 Å². The van der Waals surface area contributed by atoms with Crippen LogP contribution in [0.4, 0.5) is 5.95 Å². The summed E-state index contributed by atoms with van der Waals surface area (Å²) in [5.74, 6) is 0.933. The number of hydrogen-bond acceptors (Lipinski definition) is 4. The minimum atomic E-state index is 0.240. The Kier molecular flexibility index (Phi) is 2.74. The molecule has 0 amide bonds. The van der Waals surface area contributed by atoms with Crippen molar-refractivity contribution in [1.82, 2.24) is 19.5 Å². The smallest absolute Gasteiger partial charge is 0.222 e. The fourth-order valence-corrected chi connectivity index (χ4v) is 2.36. The Morgan fingerprint density at radius 3 is 2.68 bits per heavy atom. The summed E-state index contributed by atoms with van der Waals surface area (Å²) >= 11 is 3.44. The molecule has 0 bridgehead atoms. The van der Waals surface area contributed by atoms with Crippen molar-refractivity contribution in [2.75, 3.05) is 5.73 Å². The predicted octanol–water partition coefficient (Wildman–Crippen LogP) is 2.78. The van der Waals surface area contributed by atoms with E-state index in [2.05, 4.69) is 56.9 Å². The molecule has 0 fully saturated rings. The highest BCUT2D eigenvalue weighted by molar-refractivity contribution is 9.10. The molecule has 6 heteroatoms. The van der Waals surface area contributed by atoms with Crippen LogP contribution in [0.5, 0.6) is 0 Å². The van der Waals surface area contributed by atoms with Crippen LogP contribution < -0.4 is 5.73 Å². The number of benzene rings is 1. The van der Waals surface area contributed by atoms with Crippen LogP contribution in [0.15, 0.2) is 29.1 Å². The highest BCUT2D eigenvalue weighted by atomic mass is 79.9. The molecule has 5 nitrogen and oxygen atoms in total. The van der Waals surface area contributed by atoms with E-state index in [1.54, 1.807) is 12.5 Å². The maximum absolute atomic E-state index is 5.65. The topological polar surface area (TPSA) is 69.6 Å². The van der Waals surface area contributed by atoms with Crippen LogP contribution in [0.2, 0.25) is 0 Å². The second kappa shape index (κ2) is 4.31. The van der Waals surface area contributed by atoms with E-state index >= 15 is 0 Å². The number of imidazole rings is 1. The van der Waals surface area contributed by atoms with Crippen molar-refractivity contribution in [3.63, 3.8) is 0 Å². The molecule has 3 rings (SSSR count). The maximum Gasteiger partial charge on any atom is 0.222 e. The van der Waals surface area contributed by atoms with Gasteiger partial charge in [0.05, 0.1) is 15.5 Å². The summed E-state index contributed by atoms with van der Waals surface area (Å²) in [6.07, 6.45) is 3.39. The van der Waals surface area contributed by atoms with Crippen LogP contribution in [0.1, 0.15) is 11.1 Å². The number of aryl methyl sites for hydroxylation is 2. The highest BCUT2D eigenvalue weighted by Crippen LogP contribution is 2.25. The Morgan fingerprint density at radius 1 is 1.16 bits per heavy atom. The van der Waals surface area contributed by atoms with Gasteiger partial charge >= 0.3 is 0 Å². The third-order valence-corrected chi connectivity index (χ3v) is 3.69. The van der Waals surface area contributed by atoms with E-state index in [-0.39, 0.29) is 5.95 Å². The Hall–Kier alpha value is -1.95. The van der Waals surface area contributed by atoms with Gasteiger partial charge < -0.3 is 5.73 Å². The first kappa shape index (κ1) is 12.1. The number of aromatic nitrogens is 4. The Balaban J connectivity index is 2.31. The van der Waals surface area contributed by atoms with Gasteiger partial charge in [-0.05, 0) is 53.0 Å². The van der Waals surface area contributed by atoms with Gasteiger partial charge in [-0.2, -0.15) is 4.98 Å². The van der Waals surface area contributed by atoms with Crippen molar-refractivity contribution in [2.45, 2.75) is 13.8 Å². The second-order valence-electron chi connectivity index (χ2n) is 4.44. The molecular formula is C13H12BrN5. The molecular weight excluding hydrogens is 306 g/mol. The third kappa shape index (κ3) is 1.98. The van der Waals surface area contributed by atoms with E-state index in [0.29, 0.717) is 5.82 Å². The minimum absolute atomic E-state index is 0.240. The molecule has 0 aliphatic heterocycles. The lowest BCUT2D eigenvalue weighted by Crippen LogP contribution is -2.02. The zero-order valence-corrected chi connectivity index (χ0v) is 12.1. The third-order valence-electron chi connectivity index (χ3n) is 3.14. The molecule has 19 heavy (non-hydrogen) atoms. The summed E-state index contributed by atoms with van der Waals surface area (Å²) < 4.78 is 2.68. The molecule has 2 aromatic heterocycles. The number of fused-ring (bicyclic) bond motifs is 1. The lowest BCUT2D eigenvalue weighted by atomic mass is 10.1. The van der Waals surface area contributed by atoms with Gasteiger partial charge in [-0.25, -0.2) is 9.97 Å². The van der Waals surface area contributed by atoms with Crippen molar-refractivity contribution in [2.24, 2.45) is 0 Å². The lowest BCUT2D eigenvalue weighted by Gasteiger charge is -2.07. The molecule has 0 spiro atoms. The molecule has 96 valence electrons.